The molecular formula is C15H22ClN3O3. The minimum absolute atomic E-state index is 0. The first-order chi connectivity index (χ1) is 10.0. The first-order valence-corrected chi connectivity index (χ1v) is 7.13. The van der Waals surface area contributed by atoms with Gasteiger partial charge in [0, 0.05) is 18.3 Å². The number of rotatable bonds is 5. The third-order valence-electron chi connectivity index (χ3n) is 4.10. The molecule has 0 spiro atoms. The van der Waals surface area contributed by atoms with Crippen LogP contribution in [0.25, 0.3) is 0 Å². The summed E-state index contributed by atoms with van der Waals surface area (Å²) in [5.74, 6) is 0.284. The number of carbonyl (C=O) groups excluding carboxylic acids is 2. The molecule has 4 N–H and O–H groups in total. The van der Waals surface area contributed by atoms with E-state index in [1.165, 1.54) is 0 Å². The molecule has 0 fully saturated rings. The Bertz CT molecular complexity index is 551. The topological polar surface area (TPSA) is 93.5 Å². The van der Waals surface area contributed by atoms with Gasteiger partial charge in [-0.1, -0.05) is 13.8 Å². The molecule has 2 amide bonds. The second kappa shape index (κ2) is 7.47. The molecular weight excluding hydrogens is 306 g/mol. The maximum Gasteiger partial charge on any atom is 0.262 e. The highest BCUT2D eigenvalue weighted by molar-refractivity contribution is 5.98. The number of carbonyl (C=O) groups is 2. The molecule has 1 aliphatic heterocycles. The van der Waals surface area contributed by atoms with Crippen molar-refractivity contribution >= 4 is 35.6 Å². The molecule has 0 aromatic heterocycles. The third kappa shape index (κ3) is 3.51. The Kier molecular flexibility index (Phi) is 6.20. The zero-order chi connectivity index (χ0) is 15.5. The molecule has 7 heteroatoms. The fraction of sp³-hybridized carbons (Fsp3) is 0.467. The van der Waals surface area contributed by atoms with Crippen LogP contribution in [-0.4, -0.2) is 25.0 Å². The lowest BCUT2D eigenvalue weighted by atomic mass is 9.81. The van der Waals surface area contributed by atoms with Crippen molar-refractivity contribution in [2.75, 3.05) is 23.8 Å². The van der Waals surface area contributed by atoms with E-state index >= 15 is 0 Å². The van der Waals surface area contributed by atoms with Crippen molar-refractivity contribution in [3.63, 3.8) is 0 Å². The highest BCUT2D eigenvalue weighted by Crippen LogP contribution is 2.32. The maximum absolute atomic E-state index is 12.4. The van der Waals surface area contributed by atoms with E-state index in [9.17, 15) is 9.59 Å². The Morgan fingerprint density at radius 3 is 2.68 bits per heavy atom. The van der Waals surface area contributed by atoms with Crippen LogP contribution in [0.1, 0.15) is 26.7 Å². The average molecular weight is 328 g/mol. The van der Waals surface area contributed by atoms with Gasteiger partial charge in [-0.3, -0.25) is 9.59 Å². The fourth-order valence-electron chi connectivity index (χ4n) is 2.37. The van der Waals surface area contributed by atoms with Crippen molar-refractivity contribution in [3.05, 3.63) is 18.2 Å². The van der Waals surface area contributed by atoms with Gasteiger partial charge in [0.1, 0.15) is 5.75 Å². The van der Waals surface area contributed by atoms with Gasteiger partial charge in [-0.05, 0) is 25.0 Å². The van der Waals surface area contributed by atoms with E-state index in [0.29, 0.717) is 36.5 Å². The summed E-state index contributed by atoms with van der Waals surface area (Å²) < 4.78 is 5.33. The fourth-order valence-corrected chi connectivity index (χ4v) is 2.37. The predicted molar refractivity (Wildman–Crippen MR) is 88.5 cm³/mol. The van der Waals surface area contributed by atoms with Crippen molar-refractivity contribution < 1.29 is 14.3 Å². The summed E-state index contributed by atoms with van der Waals surface area (Å²) in [5.41, 5.74) is 6.47. The van der Waals surface area contributed by atoms with E-state index in [-0.39, 0.29) is 30.8 Å². The van der Waals surface area contributed by atoms with Crippen molar-refractivity contribution in [2.24, 2.45) is 11.1 Å². The predicted octanol–water partition coefficient (Wildman–Crippen LogP) is 2.14. The first-order valence-electron chi connectivity index (χ1n) is 7.13. The van der Waals surface area contributed by atoms with Gasteiger partial charge < -0.3 is 21.1 Å². The number of benzene rings is 1. The Morgan fingerprint density at radius 1 is 1.41 bits per heavy atom. The summed E-state index contributed by atoms with van der Waals surface area (Å²) in [6.45, 7) is 4.22. The summed E-state index contributed by atoms with van der Waals surface area (Å²) in [6.07, 6.45) is 1.37. The van der Waals surface area contributed by atoms with E-state index in [1.807, 2.05) is 13.8 Å². The molecule has 1 heterocycles. The van der Waals surface area contributed by atoms with Crippen molar-refractivity contribution in [2.45, 2.75) is 26.7 Å². The number of fused-ring (bicyclic) bond motifs is 1. The second-order valence-corrected chi connectivity index (χ2v) is 5.19. The minimum Gasteiger partial charge on any atom is -0.482 e. The maximum atomic E-state index is 12.4. The van der Waals surface area contributed by atoms with Crippen LogP contribution >= 0.6 is 12.4 Å². The number of anilines is 2. The Balaban J connectivity index is 0.00000242. The second-order valence-electron chi connectivity index (χ2n) is 5.19. The van der Waals surface area contributed by atoms with Gasteiger partial charge in [0.25, 0.3) is 5.91 Å². The quantitative estimate of drug-likeness (QED) is 0.772. The number of hydrogen-bond donors (Lipinski definition) is 3. The zero-order valence-corrected chi connectivity index (χ0v) is 13.6. The van der Waals surface area contributed by atoms with E-state index in [0.717, 1.165) is 0 Å². The Hall–Kier alpha value is -1.79. The largest absolute Gasteiger partial charge is 0.482 e. The smallest absolute Gasteiger partial charge is 0.262 e. The highest BCUT2D eigenvalue weighted by atomic mass is 35.5. The van der Waals surface area contributed by atoms with Crippen LogP contribution in [0.3, 0.4) is 0 Å². The molecule has 1 aliphatic rings. The molecule has 0 radical (unpaired) electrons. The first kappa shape index (κ1) is 18.3. The number of amides is 2. The van der Waals surface area contributed by atoms with Crippen molar-refractivity contribution in [3.8, 4) is 5.75 Å². The summed E-state index contributed by atoms with van der Waals surface area (Å²) >= 11 is 0. The normalized spacial score (nSPS) is 13.3. The van der Waals surface area contributed by atoms with E-state index in [2.05, 4.69) is 10.6 Å². The molecule has 0 aliphatic carbocycles. The molecule has 0 saturated carbocycles. The van der Waals surface area contributed by atoms with Gasteiger partial charge in [-0.15, -0.1) is 12.4 Å². The lowest BCUT2D eigenvalue weighted by Crippen LogP contribution is -2.41. The van der Waals surface area contributed by atoms with Gasteiger partial charge >= 0.3 is 0 Å². The van der Waals surface area contributed by atoms with Crippen LogP contribution in [0, 0.1) is 5.41 Å². The molecule has 22 heavy (non-hydrogen) atoms. The number of nitrogens with two attached hydrogens (primary N) is 1. The monoisotopic (exact) mass is 327 g/mol. The zero-order valence-electron chi connectivity index (χ0n) is 12.8. The lowest BCUT2D eigenvalue weighted by Gasteiger charge is -2.28. The standard InChI is InChI=1S/C15H21N3O3.ClH/c1-3-15(4-2,9-16)14(20)17-10-5-6-11-12(7-10)21-8-13(19)18-11;/h5-7H,3-4,8-9,16H2,1-2H3,(H,17,20)(H,18,19);1H. The molecule has 0 unspecified atom stereocenters. The number of halogens is 1. The molecule has 0 bridgehead atoms. The van der Waals surface area contributed by atoms with E-state index < -0.39 is 5.41 Å². The molecule has 1 aromatic rings. The van der Waals surface area contributed by atoms with Crippen LogP contribution in [0.2, 0.25) is 0 Å². The van der Waals surface area contributed by atoms with Crippen LogP contribution < -0.4 is 21.1 Å². The number of nitrogens with one attached hydrogen (secondary N) is 2. The van der Waals surface area contributed by atoms with Gasteiger partial charge in [-0.2, -0.15) is 0 Å². The van der Waals surface area contributed by atoms with Gasteiger partial charge in [0.15, 0.2) is 6.61 Å². The summed E-state index contributed by atoms with van der Waals surface area (Å²) in [4.78, 5) is 23.7. The van der Waals surface area contributed by atoms with Gasteiger partial charge in [0.2, 0.25) is 5.91 Å². The van der Waals surface area contributed by atoms with Gasteiger partial charge in [-0.25, -0.2) is 0 Å². The van der Waals surface area contributed by atoms with Crippen molar-refractivity contribution in [1.29, 1.82) is 0 Å². The average Bonchev–Trinajstić information content (AvgIpc) is 2.50. The molecule has 6 nitrogen and oxygen atoms in total. The Morgan fingerprint density at radius 2 is 2.09 bits per heavy atom. The van der Waals surface area contributed by atoms with Crippen molar-refractivity contribution in [1.82, 2.24) is 0 Å². The van der Waals surface area contributed by atoms with Gasteiger partial charge in [0.05, 0.1) is 11.1 Å². The minimum atomic E-state index is -0.551. The van der Waals surface area contributed by atoms with E-state index in [4.69, 9.17) is 10.5 Å². The van der Waals surface area contributed by atoms with Crippen LogP contribution in [0.5, 0.6) is 5.75 Å². The molecule has 0 atom stereocenters. The SMILES string of the molecule is CCC(CC)(CN)C(=O)Nc1ccc2c(c1)OCC(=O)N2.Cl. The summed E-state index contributed by atoms with van der Waals surface area (Å²) in [5, 5.41) is 5.59. The molecule has 0 saturated heterocycles. The highest BCUT2D eigenvalue weighted by Gasteiger charge is 2.33. The lowest BCUT2D eigenvalue weighted by molar-refractivity contribution is -0.125. The number of hydrogen-bond acceptors (Lipinski definition) is 4. The van der Waals surface area contributed by atoms with E-state index in [1.54, 1.807) is 18.2 Å². The molecule has 122 valence electrons. The molecule has 2 rings (SSSR count). The summed E-state index contributed by atoms with van der Waals surface area (Å²) in [6, 6.07) is 5.15. The third-order valence-corrected chi connectivity index (χ3v) is 4.10. The molecule has 1 aromatic carbocycles. The Labute approximate surface area is 136 Å². The van der Waals surface area contributed by atoms with Crippen LogP contribution in [-0.2, 0) is 9.59 Å². The van der Waals surface area contributed by atoms with Crippen LogP contribution in [0.4, 0.5) is 11.4 Å². The summed E-state index contributed by atoms with van der Waals surface area (Å²) in [7, 11) is 0. The number of ether oxygens (including phenoxy) is 1. The van der Waals surface area contributed by atoms with Crippen LogP contribution in [0.15, 0.2) is 18.2 Å².